The second kappa shape index (κ2) is 8.71. The number of hydrogen-bond donors (Lipinski definition) is 3. The zero-order valence-corrected chi connectivity index (χ0v) is 16.4. The topological polar surface area (TPSA) is 127 Å². The number of aliphatic hydroxyl groups excluding tert-OH is 1. The lowest BCUT2D eigenvalue weighted by molar-refractivity contribution is -0.122. The van der Waals surface area contributed by atoms with E-state index in [4.69, 9.17) is 9.90 Å². The number of para-hydroxylation sites is 1. The maximum absolute atomic E-state index is 12.9. The molecule has 2 aliphatic heterocycles. The number of amides is 1. The molecule has 3 heterocycles. The third-order valence-corrected chi connectivity index (χ3v) is 5.79. The van der Waals surface area contributed by atoms with Gasteiger partial charge in [-0.25, -0.2) is 4.98 Å². The van der Waals surface area contributed by atoms with Gasteiger partial charge in [-0.15, -0.1) is 0 Å². The van der Waals surface area contributed by atoms with E-state index in [9.17, 15) is 14.7 Å². The Balaban J connectivity index is 0.000000755. The molecule has 9 heteroatoms. The van der Waals surface area contributed by atoms with E-state index in [1.54, 1.807) is 29.2 Å². The van der Waals surface area contributed by atoms with Crippen LogP contribution in [0, 0.1) is 11.3 Å². The van der Waals surface area contributed by atoms with Crippen LogP contribution in [-0.4, -0.2) is 81.7 Å². The van der Waals surface area contributed by atoms with Crippen LogP contribution in [0.4, 0.5) is 0 Å². The fourth-order valence-electron chi connectivity index (χ4n) is 4.49. The Bertz CT molecular complexity index is 946. The van der Waals surface area contributed by atoms with Crippen molar-refractivity contribution < 1.29 is 19.8 Å². The molecule has 2 saturated heterocycles. The highest BCUT2D eigenvalue weighted by Gasteiger charge is 2.53. The number of benzene rings is 1. The first kappa shape index (κ1) is 20.9. The van der Waals surface area contributed by atoms with Gasteiger partial charge in [-0.3, -0.25) is 14.4 Å². The molecule has 1 amide bonds. The summed E-state index contributed by atoms with van der Waals surface area (Å²) in [6.45, 7) is 5.81. The quantitative estimate of drug-likeness (QED) is 0.632. The Kier molecular flexibility index (Phi) is 6.29. The molecule has 4 rings (SSSR count). The molecule has 0 saturated carbocycles. The van der Waals surface area contributed by atoms with Gasteiger partial charge in [0.1, 0.15) is 0 Å². The van der Waals surface area contributed by atoms with Crippen molar-refractivity contribution in [2.45, 2.75) is 13.3 Å². The van der Waals surface area contributed by atoms with Gasteiger partial charge >= 0.3 is 0 Å². The Morgan fingerprint density at radius 2 is 2.07 bits per heavy atom. The lowest BCUT2D eigenvalue weighted by Gasteiger charge is -2.27. The fourth-order valence-corrected chi connectivity index (χ4v) is 4.49. The van der Waals surface area contributed by atoms with Crippen LogP contribution < -0.4 is 5.56 Å². The van der Waals surface area contributed by atoms with E-state index in [0.717, 1.165) is 26.1 Å². The highest BCUT2D eigenvalue weighted by molar-refractivity contribution is 5.93. The highest BCUT2D eigenvalue weighted by Crippen LogP contribution is 2.42. The van der Waals surface area contributed by atoms with Gasteiger partial charge in [0.15, 0.2) is 5.82 Å². The summed E-state index contributed by atoms with van der Waals surface area (Å²) in [4.78, 5) is 44.6. The SMILES string of the molecule is CCCN1CC2CN(C(=O)c3nc4ccccc4c(=O)[nH]3)CC2(CO)C1.O=CO. The molecule has 1 aromatic heterocycles. The van der Waals surface area contributed by atoms with Crippen molar-refractivity contribution in [1.29, 1.82) is 0 Å². The van der Waals surface area contributed by atoms with Gasteiger partial charge in [0.25, 0.3) is 17.9 Å². The third-order valence-electron chi connectivity index (χ3n) is 5.79. The lowest BCUT2D eigenvalue weighted by Crippen LogP contribution is -2.39. The first-order chi connectivity index (χ1) is 14.0. The van der Waals surface area contributed by atoms with E-state index in [2.05, 4.69) is 21.8 Å². The Hall–Kier alpha value is -2.78. The van der Waals surface area contributed by atoms with Crippen LogP contribution in [0.25, 0.3) is 10.9 Å². The number of carbonyl (C=O) groups excluding carboxylic acids is 1. The number of aromatic nitrogens is 2. The number of hydrogen-bond acceptors (Lipinski definition) is 6. The monoisotopic (exact) mass is 402 g/mol. The standard InChI is InChI=1S/C19H24N4O3.CH2O2/c1-2-7-22-8-13-9-23(11-19(13,10-22)12-24)18(26)16-20-15-6-4-3-5-14(15)17(25)21-16;2-1-3/h3-6,13,24H,2,7-12H2,1H3,(H,20,21,25);1H,(H,2,3). The summed E-state index contributed by atoms with van der Waals surface area (Å²) in [6, 6.07) is 7.00. The van der Waals surface area contributed by atoms with Crippen molar-refractivity contribution in [3.05, 3.63) is 40.4 Å². The van der Waals surface area contributed by atoms with E-state index >= 15 is 0 Å². The second-order valence-corrected chi connectivity index (χ2v) is 7.68. The molecule has 2 unspecified atom stereocenters. The molecule has 9 nitrogen and oxygen atoms in total. The van der Waals surface area contributed by atoms with Gasteiger partial charge in [0.05, 0.1) is 17.5 Å². The van der Waals surface area contributed by atoms with Crippen LogP contribution in [-0.2, 0) is 4.79 Å². The van der Waals surface area contributed by atoms with E-state index in [0.29, 0.717) is 24.0 Å². The van der Waals surface area contributed by atoms with Crippen LogP contribution in [0.2, 0.25) is 0 Å². The largest absolute Gasteiger partial charge is 0.483 e. The van der Waals surface area contributed by atoms with Gasteiger partial charge in [0.2, 0.25) is 0 Å². The second-order valence-electron chi connectivity index (χ2n) is 7.68. The van der Waals surface area contributed by atoms with Gasteiger partial charge in [-0.2, -0.15) is 0 Å². The van der Waals surface area contributed by atoms with Crippen molar-refractivity contribution in [2.75, 3.05) is 39.3 Å². The highest BCUT2D eigenvalue weighted by atomic mass is 16.3. The number of fused-ring (bicyclic) bond motifs is 2. The van der Waals surface area contributed by atoms with Crippen LogP contribution in [0.5, 0.6) is 0 Å². The minimum absolute atomic E-state index is 0.0727. The van der Waals surface area contributed by atoms with Crippen LogP contribution >= 0.6 is 0 Å². The lowest BCUT2D eigenvalue weighted by atomic mass is 9.82. The fraction of sp³-hybridized carbons (Fsp3) is 0.500. The molecule has 2 atom stereocenters. The molecule has 156 valence electrons. The summed E-state index contributed by atoms with van der Waals surface area (Å²) >= 11 is 0. The molecule has 2 fully saturated rings. The van der Waals surface area contributed by atoms with Gasteiger partial charge in [0, 0.05) is 31.6 Å². The number of carboxylic acid groups (broad SMARTS) is 1. The van der Waals surface area contributed by atoms with Crippen LogP contribution in [0.15, 0.2) is 29.1 Å². The summed E-state index contributed by atoms with van der Waals surface area (Å²) in [5.74, 6) is 0.0690. The average Bonchev–Trinajstić information content (AvgIpc) is 3.22. The Morgan fingerprint density at radius 3 is 2.72 bits per heavy atom. The van der Waals surface area contributed by atoms with Gasteiger partial charge in [-0.05, 0) is 31.0 Å². The smallest absolute Gasteiger partial charge is 0.290 e. The molecule has 0 radical (unpaired) electrons. The number of H-pyrrole nitrogens is 1. The van der Waals surface area contributed by atoms with E-state index in [1.807, 2.05) is 0 Å². The minimum Gasteiger partial charge on any atom is -0.483 e. The van der Waals surface area contributed by atoms with Crippen molar-refractivity contribution in [2.24, 2.45) is 11.3 Å². The Morgan fingerprint density at radius 1 is 1.34 bits per heavy atom. The van der Waals surface area contributed by atoms with Gasteiger partial charge in [-0.1, -0.05) is 19.1 Å². The molecule has 0 spiro atoms. The summed E-state index contributed by atoms with van der Waals surface area (Å²) in [5.41, 5.74) is -0.0450. The molecular formula is C20H26N4O5. The maximum atomic E-state index is 12.9. The Labute approximate surface area is 168 Å². The van der Waals surface area contributed by atoms with E-state index in [1.165, 1.54) is 0 Å². The number of carbonyl (C=O) groups is 2. The van der Waals surface area contributed by atoms with E-state index in [-0.39, 0.29) is 41.7 Å². The number of likely N-dealkylation sites (tertiary alicyclic amines) is 2. The molecule has 0 bridgehead atoms. The predicted molar refractivity (Wildman–Crippen MR) is 107 cm³/mol. The molecule has 1 aromatic carbocycles. The molecule has 2 aromatic rings. The van der Waals surface area contributed by atoms with Gasteiger partial charge < -0.3 is 25.0 Å². The molecule has 29 heavy (non-hydrogen) atoms. The average molecular weight is 402 g/mol. The molecule has 2 aliphatic rings. The molecule has 0 aliphatic carbocycles. The summed E-state index contributed by atoms with van der Waals surface area (Å²) < 4.78 is 0. The number of nitrogens with one attached hydrogen (secondary N) is 1. The molecular weight excluding hydrogens is 376 g/mol. The molecule has 3 N–H and O–H groups in total. The first-order valence-corrected chi connectivity index (χ1v) is 9.67. The zero-order valence-electron chi connectivity index (χ0n) is 16.4. The summed E-state index contributed by atoms with van der Waals surface area (Å²) in [7, 11) is 0. The summed E-state index contributed by atoms with van der Waals surface area (Å²) in [6.07, 6.45) is 1.08. The predicted octanol–water partition coefficient (Wildman–Crippen LogP) is 0.400. The normalized spacial score (nSPS) is 23.5. The zero-order chi connectivity index (χ0) is 21.0. The number of aromatic amines is 1. The number of aliphatic hydroxyl groups is 1. The van der Waals surface area contributed by atoms with E-state index < -0.39 is 0 Å². The number of nitrogens with zero attached hydrogens (tertiary/aromatic N) is 3. The third kappa shape index (κ3) is 4.01. The van der Waals surface area contributed by atoms with Crippen LogP contribution in [0.3, 0.4) is 0 Å². The minimum atomic E-state index is -0.302. The maximum Gasteiger partial charge on any atom is 0.290 e. The van der Waals surface area contributed by atoms with Crippen molar-refractivity contribution in [1.82, 2.24) is 19.8 Å². The number of rotatable bonds is 4. The van der Waals surface area contributed by atoms with Crippen LogP contribution in [0.1, 0.15) is 24.0 Å². The summed E-state index contributed by atoms with van der Waals surface area (Å²) in [5, 5.41) is 17.4. The van der Waals surface area contributed by atoms with Crippen molar-refractivity contribution in [3.63, 3.8) is 0 Å². The van der Waals surface area contributed by atoms with Crippen molar-refractivity contribution in [3.8, 4) is 0 Å². The first-order valence-electron chi connectivity index (χ1n) is 9.67. The van der Waals surface area contributed by atoms with Crippen molar-refractivity contribution >= 4 is 23.3 Å².